The highest BCUT2D eigenvalue weighted by molar-refractivity contribution is 5.76. The molecule has 0 fully saturated rings. The normalized spacial score (nSPS) is 11.3. The maximum atomic E-state index is 12.7. The van der Waals surface area contributed by atoms with Crippen LogP contribution >= 0.6 is 0 Å². The van der Waals surface area contributed by atoms with Crippen LogP contribution in [0.25, 0.3) is 11.2 Å². The Hall–Kier alpha value is -3.36. The number of fused-ring (bicyclic) bond motifs is 1. The third-order valence-corrected chi connectivity index (χ3v) is 5.52. The van der Waals surface area contributed by atoms with Gasteiger partial charge in [0.2, 0.25) is 5.91 Å². The van der Waals surface area contributed by atoms with Crippen molar-refractivity contribution in [3.8, 4) is 5.75 Å². The van der Waals surface area contributed by atoms with Crippen LogP contribution in [0.1, 0.15) is 58.3 Å². The highest BCUT2D eigenvalue weighted by atomic mass is 16.5. The van der Waals surface area contributed by atoms with Gasteiger partial charge in [-0.3, -0.25) is 19.1 Å². The molecule has 1 aromatic carbocycles. The van der Waals surface area contributed by atoms with Gasteiger partial charge in [0.05, 0.1) is 6.61 Å². The highest BCUT2D eigenvalue weighted by Gasteiger charge is 2.19. The van der Waals surface area contributed by atoms with Gasteiger partial charge >= 0.3 is 5.69 Å². The Balaban J connectivity index is 1.79. The van der Waals surface area contributed by atoms with Gasteiger partial charge in [-0.05, 0) is 37.0 Å². The van der Waals surface area contributed by atoms with E-state index in [2.05, 4.69) is 29.1 Å². The van der Waals surface area contributed by atoms with Gasteiger partial charge < -0.3 is 14.6 Å². The molecule has 0 aliphatic carbocycles. The van der Waals surface area contributed by atoms with Crippen LogP contribution in [0.4, 0.5) is 0 Å². The van der Waals surface area contributed by atoms with Crippen LogP contribution < -0.4 is 21.3 Å². The monoisotopic (exact) mass is 469 g/mol. The standard InChI is InChI=1S/C25H35N5O4/c1-5-7-13-29-23-22(24(32)28-25(29)33)30(16-17(3)4)20(27-23)11-12-21(31)26-15-18-9-8-10-19(14-18)34-6-2/h8-10,14,17H,5-7,11-13,15-16H2,1-4H3,(H,26,31)(H,28,32,33). The lowest BCUT2D eigenvalue weighted by molar-refractivity contribution is -0.121. The van der Waals surface area contributed by atoms with Crippen molar-refractivity contribution >= 4 is 17.1 Å². The molecule has 0 aliphatic rings. The molecule has 0 unspecified atom stereocenters. The first-order chi connectivity index (χ1) is 16.3. The van der Waals surface area contributed by atoms with Gasteiger partial charge in [0, 0.05) is 32.5 Å². The first-order valence-corrected chi connectivity index (χ1v) is 12.0. The number of unbranched alkanes of at least 4 members (excludes halogenated alkanes) is 1. The summed E-state index contributed by atoms with van der Waals surface area (Å²) >= 11 is 0. The van der Waals surface area contributed by atoms with E-state index in [-0.39, 0.29) is 18.2 Å². The minimum Gasteiger partial charge on any atom is -0.494 e. The van der Waals surface area contributed by atoms with Crippen LogP contribution in [0.2, 0.25) is 0 Å². The van der Waals surface area contributed by atoms with Crippen molar-refractivity contribution < 1.29 is 9.53 Å². The van der Waals surface area contributed by atoms with Crippen LogP contribution in [-0.4, -0.2) is 31.6 Å². The number of carbonyl (C=O) groups excluding carboxylic acids is 1. The molecule has 1 amide bonds. The van der Waals surface area contributed by atoms with Crippen LogP contribution in [-0.2, 0) is 30.8 Å². The van der Waals surface area contributed by atoms with Gasteiger partial charge in [0.15, 0.2) is 11.2 Å². The zero-order valence-electron chi connectivity index (χ0n) is 20.5. The molecule has 0 aliphatic heterocycles. The summed E-state index contributed by atoms with van der Waals surface area (Å²) < 4.78 is 8.90. The first-order valence-electron chi connectivity index (χ1n) is 12.0. The van der Waals surface area contributed by atoms with Gasteiger partial charge in [0.1, 0.15) is 11.6 Å². The van der Waals surface area contributed by atoms with E-state index in [1.165, 1.54) is 4.57 Å². The van der Waals surface area contributed by atoms with E-state index in [0.29, 0.717) is 49.7 Å². The molecule has 9 nitrogen and oxygen atoms in total. The molecule has 0 radical (unpaired) electrons. The molecule has 184 valence electrons. The second kappa shape index (κ2) is 11.7. The predicted molar refractivity (Wildman–Crippen MR) is 132 cm³/mol. The number of imidazole rings is 1. The number of amides is 1. The van der Waals surface area contributed by atoms with Crippen molar-refractivity contribution in [1.29, 1.82) is 0 Å². The number of aryl methyl sites for hydroxylation is 2. The van der Waals surface area contributed by atoms with Gasteiger partial charge in [-0.25, -0.2) is 9.78 Å². The summed E-state index contributed by atoms with van der Waals surface area (Å²) in [7, 11) is 0. The molecule has 0 saturated heterocycles. The Morgan fingerprint density at radius 3 is 2.71 bits per heavy atom. The molecule has 3 aromatic rings. The zero-order valence-corrected chi connectivity index (χ0v) is 20.5. The Morgan fingerprint density at radius 2 is 2.00 bits per heavy atom. The van der Waals surface area contributed by atoms with Gasteiger partial charge in [-0.2, -0.15) is 0 Å². The Labute approximate surface area is 199 Å². The number of hydrogen-bond acceptors (Lipinski definition) is 5. The summed E-state index contributed by atoms with van der Waals surface area (Å²) in [6.45, 7) is 10.1. The first kappa shape index (κ1) is 25.3. The van der Waals surface area contributed by atoms with Gasteiger partial charge in [-0.15, -0.1) is 0 Å². The highest BCUT2D eigenvalue weighted by Crippen LogP contribution is 2.16. The number of aromatic amines is 1. The number of rotatable bonds is 12. The number of H-pyrrole nitrogens is 1. The largest absolute Gasteiger partial charge is 0.494 e. The van der Waals surface area contributed by atoms with E-state index < -0.39 is 11.2 Å². The lowest BCUT2D eigenvalue weighted by Crippen LogP contribution is -2.31. The second-order valence-corrected chi connectivity index (χ2v) is 8.83. The Kier molecular flexibility index (Phi) is 8.67. The molecule has 0 saturated carbocycles. The summed E-state index contributed by atoms with van der Waals surface area (Å²) in [6.07, 6.45) is 2.32. The fraction of sp³-hybridized carbons (Fsp3) is 0.520. The fourth-order valence-electron chi connectivity index (χ4n) is 3.92. The van der Waals surface area contributed by atoms with E-state index in [4.69, 9.17) is 4.74 Å². The number of ether oxygens (including phenoxy) is 1. The third-order valence-electron chi connectivity index (χ3n) is 5.52. The van der Waals surface area contributed by atoms with Crippen molar-refractivity contribution in [2.45, 2.75) is 73.0 Å². The molecule has 2 N–H and O–H groups in total. The van der Waals surface area contributed by atoms with Crippen LogP contribution in [0.3, 0.4) is 0 Å². The van der Waals surface area contributed by atoms with Crippen molar-refractivity contribution in [3.05, 3.63) is 56.5 Å². The number of nitrogens with one attached hydrogen (secondary N) is 2. The Bertz CT molecular complexity index is 1240. The maximum absolute atomic E-state index is 12.7. The number of carbonyl (C=O) groups is 1. The molecule has 3 rings (SSSR count). The SMILES string of the molecule is CCCCn1c(=O)[nH]c(=O)c2c1nc(CCC(=O)NCc1cccc(OCC)c1)n2CC(C)C. The molecule has 2 aromatic heterocycles. The van der Waals surface area contributed by atoms with Crippen molar-refractivity contribution in [1.82, 2.24) is 24.4 Å². The van der Waals surface area contributed by atoms with Crippen molar-refractivity contribution in [2.75, 3.05) is 6.61 Å². The Morgan fingerprint density at radius 1 is 1.21 bits per heavy atom. The van der Waals surface area contributed by atoms with E-state index in [1.807, 2.05) is 42.7 Å². The predicted octanol–water partition coefficient (Wildman–Crippen LogP) is 2.99. The molecule has 0 bridgehead atoms. The summed E-state index contributed by atoms with van der Waals surface area (Å²) in [5.74, 6) is 1.56. The average Bonchev–Trinajstić information content (AvgIpc) is 3.14. The topological polar surface area (TPSA) is 111 Å². The van der Waals surface area contributed by atoms with Gasteiger partial charge in [0.25, 0.3) is 5.56 Å². The summed E-state index contributed by atoms with van der Waals surface area (Å²) in [5, 5.41) is 2.94. The summed E-state index contributed by atoms with van der Waals surface area (Å²) in [5.41, 5.74) is 0.862. The quantitative estimate of drug-likeness (QED) is 0.424. The number of aromatic nitrogens is 4. The van der Waals surface area contributed by atoms with Crippen molar-refractivity contribution in [2.24, 2.45) is 5.92 Å². The van der Waals surface area contributed by atoms with Crippen molar-refractivity contribution in [3.63, 3.8) is 0 Å². The summed E-state index contributed by atoms with van der Waals surface area (Å²) in [4.78, 5) is 44.8. The smallest absolute Gasteiger partial charge is 0.330 e. The fourth-order valence-corrected chi connectivity index (χ4v) is 3.92. The van der Waals surface area contributed by atoms with E-state index in [0.717, 1.165) is 24.2 Å². The minimum absolute atomic E-state index is 0.109. The molecule has 34 heavy (non-hydrogen) atoms. The molecule has 0 spiro atoms. The number of hydrogen-bond donors (Lipinski definition) is 2. The molecule has 9 heteroatoms. The molecule has 0 atom stereocenters. The number of benzene rings is 1. The van der Waals surface area contributed by atoms with E-state index >= 15 is 0 Å². The third kappa shape index (κ3) is 6.15. The average molecular weight is 470 g/mol. The minimum atomic E-state index is -0.446. The molecular weight excluding hydrogens is 434 g/mol. The lowest BCUT2D eigenvalue weighted by Gasteiger charge is -2.12. The van der Waals surface area contributed by atoms with Gasteiger partial charge in [-0.1, -0.05) is 39.3 Å². The maximum Gasteiger partial charge on any atom is 0.330 e. The van der Waals surface area contributed by atoms with Crippen LogP contribution in [0.5, 0.6) is 5.75 Å². The number of nitrogens with zero attached hydrogens (tertiary/aromatic N) is 3. The lowest BCUT2D eigenvalue weighted by atomic mass is 10.2. The van der Waals surface area contributed by atoms with E-state index in [9.17, 15) is 14.4 Å². The summed E-state index contributed by atoms with van der Waals surface area (Å²) in [6, 6.07) is 7.63. The zero-order chi connectivity index (χ0) is 24.7. The molecule has 2 heterocycles. The van der Waals surface area contributed by atoms with Crippen LogP contribution in [0, 0.1) is 5.92 Å². The van der Waals surface area contributed by atoms with E-state index in [1.54, 1.807) is 0 Å². The van der Waals surface area contributed by atoms with Crippen LogP contribution in [0.15, 0.2) is 33.9 Å². The molecular formula is C25H35N5O4. The second-order valence-electron chi connectivity index (χ2n) is 8.83.